The van der Waals surface area contributed by atoms with Crippen LogP contribution in [-0.2, 0) is 16.7 Å². The average molecular weight is 472 g/mol. The fraction of sp³-hybridized carbons (Fsp3) is 0.478. The van der Waals surface area contributed by atoms with Gasteiger partial charge in [-0.25, -0.2) is 4.98 Å². The van der Waals surface area contributed by atoms with Gasteiger partial charge in [0, 0.05) is 36.3 Å². The van der Waals surface area contributed by atoms with Crippen molar-refractivity contribution in [1.29, 1.82) is 0 Å². The number of hydrogen-bond acceptors (Lipinski definition) is 6. The van der Waals surface area contributed by atoms with Crippen LogP contribution in [0, 0.1) is 11.8 Å². The molecule has 0 unspecified atom stereocenters. The Morgan fingerprint density at radius 2 is 2.00 bits per heavy atom. The molecule has 2 heterocycles. The van der Waals surface area contributed by atoms with Gasteiger partial charge in [0.2, 0.25) is 5.95 Å². The van der Waals surface area contributed by atoms with E-state index in [1.54, 1.807) is 0 Å². The van der Waals surface area contributed by atoms with E-state index in [2.05, 4.69) is 46.2 Å². The first kappa shape index (κ1) is 22.3. The molecule has 176 valence electrons. The Morgan fingerprint density at radius 3 is 2.79 bits per heavy atom. The van der Waals surface area contributed by atoms with Gasteiger partial charge in [0.05, 0.1) is 12.1 Å². The van der Waals surface area contributed by atoms with Gasteiger partial charge in [0.25, 0.3) is 0 Å². The van der Waals surface area contributed by atoms with Crippen molar-refractivity contribution in [3.05, 3.63) is 53.9 Å². The Kier molecular flexibility index (Phi) is 5.86. The molecule has 33 heavy (non-hydrogen) atoms. The summed E-state index contributed by atoms with van der Waals surface area (Å²) in [6.07, 6.45) is 6.26. The van der Waals surface area contributed by atoms with Crippen LogP contribution in [0.4, 0.5) is 5.95 Å². The molecule has 2 aliphatic carbocycles. The lowest BCUT2D eigenvalue weighted by atomic mass is 9.98. The monoisotopic (exact) mass is 471 g/mol. The number of aromatic nitrogens is 3. The first-order chi connectivity index (χ1) is 15.8. The third-order valence-electron chi connectivity index (χ3n) is 7.16. The molecule has 0 radical (unpaired) electrons. The van der Waals surface area contributed by atoms with E-state index < -0.39 is 16.4 Å². The van der Waals surface area contributed by atoms with Crippen LogP contribution in [-0.4, -0.2) is 45.3 Å². The van der Waals surface area contributed by atoms with E-state index >= 15 is 0 Å². The zero-order valence-corrected chi connectivity index (χ0v) is 19.2. The quantitative estimate of drug-likeness (QED) is 0.390. The normalized spacial score (nSPS) is 27.2. The van der Waals surface area contributed by atoms with E-state index in [4.69, 9.17) is 9.54 Å². The number of fused-ring (bicyclic) bond motifs is 2. The molecule has 0 spiro atoms. The van der Waals surface area contributed by atoms with E-state index in [1.165, 1.54) is 11.1 Å². The van der Waals surface area contributed by atoms with Crippen molar-refractivity contribution < 1.29 is 18.1 Å². The van der Waals surface area contributed by atoms with Crippen LogP contribution in [0.2, 0.25) is 0 Å². The second kappa shape index (κ2) is 8.68. The van der Waals surface area contributed by atoms with Crippen LogP contribution >= 0.6 is 0 Å². The zero-order chi connectivity index (χ0) is 23.2. The highest BCUT2D eigenvalue weighted by Crippen LogP contribution is 2.40. The molecule has 5 atom stereocenters. The predicted octanol–water partition coefficient (Wildman–Crippen LogP) is 2.87. The summed E-state index contributed by atoms with van der Waals surface area (Å²) in [5.74, 6) is 0.773. The highest BCUT2D eigenvalue weighted by atomic mass is 32.2. The van der Waals surface area contributed by atoms with Gasteiger partial charge in [-0.1, -0.05) is 37.6 Å². The number of aliphatic hydroxyl groups excluding tert-OH is 1. The summed E-state index contributed by atoms with van der Waals surface area (Å²) in [6.45, 7) is 2.20. The molecule has 5 rings (SSSR count). The van der Waals surface area contributed by atoms with Gasteiger partial charge in [0.1, 0.15) is 5.65 Å². The smallest absolute Gasteiger partial charge is 0.333 e. The molecule has 2 aliphatic rings. The van der Waals surface area contributed by atoms with Crippen molar-refractivity contribution in [1.82, 2.24) is 19.3 Å². The molecule has 10 heteroatoms. The number of anilines is 1. The minimum atomic E-state index is -4.28. The Bertz CT molecular complexity index is 1260. The zero-order valence-electron chi connectivity index (χ0n) is 18.4. The van der Waals surface area contributed by atoms with Gasteiger partial charge in [-0.15, -0.1) is 0 Å². The molecule has 9 nitrogen and oxygen atoms in total. The minimum Gasteiger partial charge on any atom is -0.393 e. The maximum Gasteiger partial charge on any atom is 0.333 e. The fourth-order valence-electron chi connectivity index (χ4n) is 5.43. The van der Waals surface area contributed by atoms with Crippen LogP contribution < -0.4 is 10.0 Å². The number of nitrogens with zero attached hydrogens (tertiary/aromatic N) is 3. The number of benzene rings is 1. The van der Waals surface area contributed by atoms with Gasteiger partial charge in [-0.3, -0.25) is 4.55 Å². The highest BCUT2D eigenvalue weighted by molar-refractivity contribution is 7.83. The predicted molar refractivity (Wildman–Crippen MR) is 125 cm³/mol. The van der Waals surface area contributed by atoms with Crippen LogP contribution in [0.3, 0.4) is 0 Å². The van der Waals surface area contributed by atoms with Crippen molar-refractivity contribution in [2.75, 3.05) is 11.9 Å². The summed E-state index contributed by atoms with van der Waals surface area (Å²) in [7, 11) is -4.28. The second-order valence-corrected chi connectivity index (χ2v) is 10.4. The molecular weight excluding hydrogens is 442 g/mol. The van der Waals surface area contributed by atoms with E-state index in [-0.39, 0.29) is 24.5 Å². The summed E-state index contributed by atoms with van der Waals surface area (Å²) in [5.41, 5.74) is 3.46. The van der Waals surface area contributed by atoms with Crippen LogP contribution in [0.1, 0.15) is 49.4 Å². The number of nitrogens with one attached hydrogen (secondary N) is 2. The molecule has 0 aliphatic heterocycles. The number of rotatable bonds is 7. The summed E-state index contributed by atoms with van der Waals surface area (Å²) >= 11 is 0. The lowest BCUT2D eigenvalue weighted by Crippen LogP contribution is -2.31. The van der Waals surface area contributed by atoms with E-state index in [0.29, 0.717) is 24.7 Å². The molecule has 3 aromatic rings. The Labute approximate surface area is 193 Å². The van der Waals surface area contributed by atoms with Gasteiger partial charge in [0.15, 0.2) is 0 Å². The maximum absolute atomic E-state index is 11.0. The molecule has 0 bridgehead atoms. The Morgan fingerprint density at radius 1 is 1.18 bits per heavy atom. The van der Waals surface area contributed by atoms with Gasteiger partial charge in [-0.05, 0) is 42.4 Å². The van der Waals surface area contributed by atoms with Gasteiger partial charge < -0.3 is 15.0 Å². The SMILES string of the molecule is CC[C@@H]1Cc2ccccc2[C@@H]1Nc1ncc2ccn([C@H]3C[C@H](CNS(=O)(=O)O)[C@H](O)C3)c2n1. The topological polar surface area (TPSA) is 129 Å². The van der Waals surface area contributed by atoms with Gasteiger partial charge >= 0.3 is 10.3 Å². The van der Waals surface area contributed by atoms with Crippen molar-refractivity contribution >= 4 is 27.3 Å². The van der Waals surface area contributed by atoms with Crippen LogP contribution in [0.25, 0.3) is 11.0 Å². The standard InChI is InChI=1S/C23H29N5O4S/c1-2-14-9-15-5-3-4-6-19(15)21(14)26-23-24-12-16-7-8-28(22(16)27-23)18-10-17(20(29)11-18)13-25-33(30,31)32/h3-8,12,14,17-18,20-21,25,29H,2,9-11,13H2,1H3,(H,24,26,27)(H,30,31,32)/t14-,17-,18+,20-,21-/m1/s1. The van der Waals surface area contributed by atoms with Crippen molar-refractivity contribution in [3.63, 3.8) is 0 Å². The van der Waals surface area contributed by atoms with E-state index in [1.807, 2.05) is 23.0 Å². The molecule has 1 aromatic carbocycles. The second-order valence-electron chi connectivity index (χ2n) is 9.17. The molecular formula is C23H29N5O4S. The molecule has 2 aromatic heterocycles. The summed E-state index contributed by atoms with van der Waals surface area (Å²) in [5, 5.41) is 14.9. The average Bonchev–Trinajstić information content (AvgIpc) is 3.46. The molecule has 4 N–H and O–H groups in total. The molecule has 1 saturated carbocycles. The minimum absolute atomic E-state index is 0.00299. The molecule has 0 amide bonds. The third-order valence-corrected chi connectivity index (χ3v) is 7.69. The highest BCUT2D eigenvalue weighted by Gasteiger charge is 2.35. The summed E-state index contributed by atoms with van der Waals surface area (Å²) < 4.78 is 35.1. The first-order valence-corrected chi connectivity index (χ1v) is 12.8. The van der Waals surface area contributed by atoms with Crippen molar-refractivity contribution in [2.45, 2.75) is 50.8 Å². The number of aliphatic hydroxyl groups is 1. The van der Waals surface area contributed by atoms with E-state index in [9.17, 15) is 13.5 Å². The van der Waals surface area contributed by atoms with Crippen molar-refractivity contribution in [2.24, 2.45) is 11.8 Å². The lowest BCUT2D eigenvalue weighted by molar-refractivity contribution is 0.133. The first-order valence-electron chi connectivity index (χ1n) is 11.4. The maximum atomic E-state index is 11.0. The van der Waals surface area contributed by atoms with Crippen LogP contribution in [0.15, 0.2) is 42.7 Å². The van der Waals surface area contributed by atoms with Gasteiger partial charge in [-0.2, -0.15) is 18.1 Å². The summed E-state index contributed by atoms with van der Waals surface area (Å²) in [4.78, 5) is 9.38. The lowest BCUT2D eigenvalue weighted by Gasteiger charge is -2.21. The van der Waals surface area contributed by atoms with Crippen LogP contribution in [0.5, 0.6) is 0 Å². The fourth-order valence-corrected chi connectivity index (χ4v) is 5.85. The third kappa shape index (κ3) is 4.48. The van der Waals surface area contributed by atoms with Crippen molar-refractivity contribution in [3.8, 4) is 0 Å². The molecule has 1 fully saturated rings. The summed E-state index contributed by atoms with van der Waals surface area (Å²) in [6, 6.07) is 10.6. The Balaban J connectivity index is 1.38. The molecule has 0 saturated heterocycles. The Hall–Kier alpha value is -2.53. The largest absolute Gasteiger partial charge is 0.393 e. The number of hydrogen-bond donors (Lipinski definition) is 4. The van der Waals surface area contributed by atoms with E-state index in [0.717, 1.165) is 23.9 Å².